The topological polar surface area (TPSA) is 72.3 Å². The first-order valence-corrected chi connectivity index (χ1v) is 9.28. The second-order valence-electron chi connectivity index (χ2n) is 6.85. The molecule has 28 heavy (non-hydrogen) atoms. The predicted octanol–water partition coefficient (Wildman–Crippen LogP) is 2.48. The van der Waals surface area contributed by atoms with Crippen LogP contribution in [-0.4, -0.2) is 40.1 Å². The summed E-state index contributed by atoms with van der Waals surface area (Å²) in [5, 5.41) is 3.34. The minimum absolute atomic E-state index is 0.0807. The van der Waals surface area contributed by atoms with Crippen molar-refractivity contribution in [2.45, 2.75) is 25.9 Å². The lowest BCUT2D eigenvalue weighted by molar-refractivity contribution is -0.118. The standard InChI is InChI=1S/C21H23N5O2/c1-15-13-25(14-24-15)19-6-5-17(10-20(19)28-2)26-9-7-18(21(26)27)23-12-16-4-3-8-22-11-16/h3-6,8,10-11,13-14,18,23H,7,9,12H2,1-2H3. The van der Waals surface area contributed by atoms with Gasteiger partial charge in [0.2, 0.25) is 5.91 Å². The monoisotopic (exact) mass is 377 g/mol. The molecule has 1 N–H and O–H groups in total. The molecule has 3 aromatic rings. The number of carbonyl (C=O) groups is 1. The maximum absolute atomic E-state index is 12.9. The summed E-state index contributed by atoms with van der Waals surface area (Å²) < 4.78 is 7.49. The van der Waals surface area contributed by atoms with E-state index in [1.807, 2.05) is 59.1 Å². The number of ether oxygens (including phenoxy) is 1. The van der Waals surface area contributed by atoms with Gasteiger partial charge in [-0.25, -0.2) is 4.98 Å². The van der Waals surface area contributed by atoms with Crippen LogP contribution in [0.25, 0.3) is 5.69 Å². The molecule has 1 unspecified atom stereocenters. The Hall–Kier alpha value is -3.19. The highest BCUT2D eigenvalue weighted by Gasteiger charge is 2.32. The summed E-state index contributed by atoms with van der Waals surface area (Å²) in [5.41, 5.74) is 3.73. The number of amides is 1. The summed E-state index contributed by atoms with van der Waals surface area (Å²) in [4.78, 5) is 23.1. The van der Waals surface area contributed by atoms with E-state index in [2.05, 4.69) is 15.3 Å². The Morgan fingerprint density at radius 1 is 1.32 bits per heavy atom. The first-order chi connectivity index (χ1) is 13.7. The van der Waals surface area contributed by atoms with Crippen LogP contribution in [-0.2, 0) is 11.3 Å². The van der Waals surface area contributed by atoms with Crippen LogP contribution >= 0.6 is 0 Å². The van der Waals surface area contributed by atoms with Gasteiger partial charge in [-0.05, 0) is 37.1 Å². The van der Waals surface area contributed by atoms with Crippen molar-refractivity contribution in [2.75, 3.05) is 18.6 Å². The van der Waals surface area contributed by atoms with Crippen molar-refractivity contribution in [2.24, 2.45) is 0 Å². The highest BCUT2D eigenvalue weighted by atomic mass is 16.5. The summed E-state index contributed by atoms with van der Waals surface area (Å²) >= 11 is 0. The molecule has 144 valence electrons. The van der Waals surface area contributed by atoms with Crippen LogP contribution in [0.1, 0.15) is 17.7 Å². The van der Waals surface area contributed by atoms with Gasteiger partial charge in [0.05, 0.1) is 30.9 Å². The lowest BCUT2D eigenvalue weighted by Crippen LogP contribution is -2.38. The highest BCUT2D eigenvalue weighted by Crippen LogP contribution is 2.31. The number of aryl methyl sites for hydroxylation is 1. The molecule has 1 fully saturated rings. The second kappa shape index (κ2) is 7.82. The van der Waals surface area contributed by atoms with E-state index in [9.17, 15) is 4.79 Å². The molecule has 1 atom stereocenters. The van der Waals surface area contributed by atoms with Crippen LogP contribution in [0.5, 0.6) is 5.75 Å². The summed E-state index contributed by atoms with van der Waals surface area (Å²) in [7, 11) is 1.64. The molecule has 7 heteroatoms. The van der Waals surface area contributed by atoms with Gasteiger partial charge in [-0.2, -0.15) is 0 Å². The van der Waals surface area contributed by atoms with E-state index >= 15 is 0 Å². The van der Waals surface area contributed by atoms with Crippen molar-refractivity contribution < 1.29 is 9.53 Å². The van der Waals surface area contributed by atoms with Gasteiger partial charge in [-0.3, -0.25) is 9.78 Å². The lowest BCUT2D eigenvalue weighted by atomic mass is 10.2. The van der Waals surface area contributed by atoms with Crippen molar-refractivity contribution >= 4 is 11.6 Å². The van der Waals surface area contributed by atoms with E-state index in [-0.39, 0.29) is 11.9 Å². The van der Waals surface area contributed by atoms with E-state index in [0.717, 1.165) is 29.1 Å². The normalized spacial score (nSPS) is 16.6. The minimum atomic E-state index is -0.192. The molecule has 0 bridgehead atoms. The highest BCUT2D eigenvalue weighted by molar-refractivity contribution is 5.99. The SMILES string of the molecule is COc1cc(N2CCC(NCc3cccnc3)C2=O)ccc1-n1cnc(C)c1. The molecule has 7 nitrogen and oxygen atoms in total. The zero-order chi connectivity index (χ0) is 19.5. The van der Waals surface area contributed by atoms with Crippen LogP contribution < -0.4 is 15.0 Å². The average molecular weight is 377 g/mol. The van der Waals surface area contributed by atoms with Crippen LogP contribution in [0.2, 0.25) is 0 Å². The number of carbonyl (C=O) groups excluding carboxylic acids is 1. The maximum Gasteiger partial charge on any atom is 0.244 e. The van der Waals surface area contributed by atoms with Gasteiger partial charge in [-0.1, -0.05) is 6.07 Å². The van der Waals surface area contributed by atoms with Gasteiger partial charge in [0.1, 0.15) is 5.75 Å². The molecule has 0 radical (unpaired) electrons. The number of hydrogen-bond donors (Lipinski definition) is 1. The van der Waals surface area contributed by atoms with E-state index in [0.29, 0.717) is 18.8 Å². The van der Waals surface area contributed by atoms with Gasteiger partial charge in [0.25, 0.3) is 0 Å². The first-order valence-electron chi connectivity index (χ1n) is 9.28. The van der Waals surface area contributed by atoms with Crippen molar-refractivity contribution in [1.82, 2.24) is 19.9 Å². The molecule has 1 aliphatic rings. The van der Waals surface area contributed by atoms with Crippen molar-refractivity contribution in [3.63, 3.8) is 0 Å². The molecule has 0 spiro atoms. The largest absolute Gasteiger partial charge is 0.494 e. The van der Waals surface area contributed by atoms with Gasteiger partial charge >= 0.3 is 0 Å². The molecule has 3 heterocycles. The maximum atomic E-state index is 12.9. The number of nitrogens with zero attached hydrogens (tertiary/aromatic N) is 4. The lowest BCUT2D eigenvalue weighted by Gasteiger charge is -2.19. The quantitative estimate of drug-likeness (QED) is 0.715. The number of aromatic nitrogens is 3. The molecule has 4 rings (SSSR count). The third-order valence-corrected chi connectivity index (χ3v) is 4.95. The van der Waals surface area contributed by atoms with Crippen LogP contribution in [0.4, 0.5) is 5.69 Å². The molecule has 0 saturated carbocycles. The Morgan fingerprint density at radius 3 is 2.93 bits per heavy atom. The molecule has 2 aromatic heterocycles. The fourth-order valence-corrected chi connectivity index (χ4v) is 3.47. The third kappa shape index (κ3) is 3.61. The molecular formula is C21H23N5O2. The Bertz CT molecular complexity index is 970. The second-order valence-corrected chi connectivity index (χ2v) is 6.85. The predicted molar refractivity (Wildman–Crippen MR) is 107 cm³/mol. The van der Waals surface area contributed by atoms with Crippen molar-refractivity contribution in [3.05, 3.63) is 66.5 Å². The van der Waals surface area contributed by atoms with Crippen LogP contribution in [0.15, 0.2) is 55.2 Å². The number of rotatable bonds is 6. The van der Waals surface area contributed by atoms with E-state index in [1.165, 1.54) is 0 Å². The Morgan fingerprint density at radius 2 is 2.21 bits per heavy atom. The van der Waals surface area contributed by atoms with Gasteiger partial charge in [0.15, 0.2) is 0 Å². The Balaban J connectivity index is 1.49. The number of anilines is 1. The van der Waals surface area contributed by atoms with E-state index in [1.54, 1.807) is 19.6 Å². The fraction of sp³-hybridized carbons (Fsp3) is 0.286. The zero-order valence-corrected chi connectivity index (χ0v) is 16.0. The summed E-state index contributed by atoms with van der Waals surface area (Å²) in [6.45, 7) is 3.25. The van der Waals surface area contributed by atoms with Crippen LogP contribution in [0.3, 0.4) is 0 Å². The van der Waals surface area contributed by atoms with Gasteiger partial charge < -0.3 is 19.5 Å². The molecule has 1 aliphatic heterocycles. The van der Waals surface area contributed by atoms with Crippen molar-refractivity contribution in [3.8, 4) is 11.4 Å². The number of pyridine rings is 1. The van der Waals surface area contributed by atoms with Gasteiger partial charge in [-0.15, -0.1) is 0 Å². The van der Waals surface area contributed by atoms with Crippen LogP contribution in [0, 0.1) is 6.92 Å². The molecule has 1 aromatic carbocycles. The summed E-state index contributed by atoms with van der Waals surface area (Å²) in [5.74, 6) is 0.784. The van der Waals surface area contributed by atoms with Crippen molar-refractivity contribution in [1.29, 1.82) is 0 Å². The van der Waals surface area contributed by atoms with Gasteiger partial charge in [0, 0.05) is 43.4 Å². The Kier molecular flexibility index (Phi) is 5.08. The average Bonchev–Trinajstić information content (AvgIpc) is 3.32. The molecule has 1 saturated heterocycles. The number of nitrogens with one attached hydrogen (secondary N) is 1. The smallest absolute Gasteiger partial charge is 0.244 e. The Labute approximate surface area is 164 Å². The third-order valence-electron chi connectivity index (χ3n) is 4.95. The summed E-state index contributed by atoms with van der Waals surface area (Å²) in [6, 6.07) is 9.52. The molecular weight excluding hydrogens is 354 g/mol. The number of imidazole rings is 1. The molecule has 0 aliphatic carbocycles. The van der Waals surface area contributed by atoms with E-state index in [4.69, 9.17) is 4.74 Å². The number of hydrogen-bond acceptors (Lipinski definition) is 5. The minimum Gasteiger partial charge on any atom is -0.494 e. The van der Waals surface area contributed by atoms with E-state index < -0.39 is 0 Å². The summed E-state index contributed by atoms with van der Waals surface area (Å²) in [6.07, 6.45) is 8.02. The molecule has 1 amide bonds. The number of benzene rings is 1. The first kappa shape index (κ1) is 18.2. The zero-order valence-electron chi connectivity index (χ0n) is 16.0. The number of methoxy groups -OCH3 is 1. The fourth-order valence-electron chi connectivity index (χ4n) is 3.47.